The minimum Gasteiger partial charge on any atom is -0.383 e. The fraction of sp³-hybridized carbons (Fsp3) is 0.0833. The molecular weight excluding hydrogens is 236 g/mol. The Bertz CT molecular complexity index is 543. The second-order valence-electron chi connectivity index (χ2n) is 3.29. The Morgan fingerprint density at radius 2 is 2.38 bits per heavy atom. The van der Waals surface area contributed by atoms with Gasteiger partial charge in [-0.1, -0.05) is 12.1 Å². The van der Waals surface area contributed by atoms with Crippen LogP contribution in [0.3, 0.4) is 0 Å². The highest BCUT2D eigenvalue weighted by molar-refractivity contribution is 7.99. The summed E-state index contributed by atoms with van der Waals surface area (Å²) in [6.45, 7) is 3.72. The van der Waals surface area contributed by atoms with Crippen LogP contribution in [0.4, 0.5) is 0 Å². The van der Waals surface area contributed by atoms with Crippen LogP contribution >= 0.6 is 23.1 Å². The molecule has 3 N–H and O–H groups in total. The molecule has 1 aromatic heterocycles. The molecule has 0 aliphatic carbocycles. The van der Waals surface area contributed by atoms with Gasteiger partial charge in [-0.2, -0.15) is 0 Å². The quantitative estimate of drug-likeness (QED) is 0.377. The van der Waals surface area contributed by atoms with E-state index in [1.54, 1.807) is 23.1 Å². The first-order chi connectivity index (χ1) is 7.72. The molecule has 0 spiro atoms. The number of nitrogens with one attached hydrogen (secondary N) is 1. The molecule has 0 fully saturated rings. The first-order valence-electron chi connectivity index (χ1n) is 4.83. The zero-order valence-corrected chi connectivity index (χ0v) is 10.3. The van der Waals surface area contributed by atoms with Crippen molar-refractivity contribution >= 4 is 39.0 Å². The lowest BCUT2D eigenvalue weighted by atomic mass is 10.2. The van der Waals surface area contributed by atoms with Crippen molar-refractivity contribution < 1.29 is 0 Å². The Morgan fingerprint density at radius 1 is 1.56 bits per heavy atom. The zero-order valence-electron chi connectivity index (χ0n) is 8.69. The van der Waals surface area contributed by atoms with E-state index in [0.29, 0.717) is 0 Å². The van der Waals surface area contributed by atoms with E-state index >= 15 is 0 Å². The molecule has 0 bridgehead atoms. The summed E-state index contributed by atoms with van der Waals surface area (Å²) in [5.41, 5.74) is 5.50. The van der Waals surface area contributed by atoms with Crippen molar-refractivity contribution in [3.8, 4) is 0 Å². The molecule has 2 nitrogen and oxygen atoms in total. The number of thiophene rings is 1. The Morgan fingerprint density at radius 3 is 3.06 bits per heavy atom. The van der Waals surface area contributed by atoms with Gasteiger partial charge in [0.1, 0.15) is 5.84 Å². The monoisotopic (exact) mass is 248 g/mol. The minimum atomic E-state index is 0.140. The second-order valence-corrected chi connectivity index (χ2v) is 5.44. The first kappa shape index (κ1) is 11.2. The van der Waals surface area contributed by atoms with Gasteiger partial charge in [0.25, 0.3) is 0 Å². The lowest BCUT2D eigenvalue weighted by molar-refractivity contribution is 1.45. The second kappa shape index (κ2) is 4.72. The van der Waals surface area contributed by atoms with Crippen molar-refractivity contribution in [2.75, 3.05) is 5.75 Å². The van der Waals surface area contributed by atoms with Crippen molar-refractivity contribution in [2.45, 2.75) is 4.90 Å². The van der Waals surface area contributed by atoms with Crippen LogP contribution in [0.25, 0.3) is 10.1 Å². The predicted octanol–water partition coefficient (Wildman–Crippen LogP) is 3.46. The summed E-state index contributed by atoms with van der Waals surface area (Å²) in [6.07, 6.45) is 1.89. The first-order valence-corrected chi connectivity index (χ1v) is 6.63. The molecule has 0 saturated carbocycles. The number of hydrogen-bond donors (Lipinski definition) is 2. The van der Waals surface area contributed by atoms with Gasteiger partial charge >= 0.3 is 0 Å². The van der Waals surface area contributed by atoms with Gasteiger partial charge in [-0.25, -0.2) is 0 Å². The van der Waals surface area contributed by atoms with Crippen LogP contribution in [0.15, 0.2) is 41.8 Å². The molecule has 2 rings (SSSR count). The lowest BCUT2D eigenvalue weighted by Gasteiger charge is -1.99. The molecule has 1 aromatic carbocycles. The van der Waals surface area contributed by atoms with E-state index in [4.69, 9.17) is 11.1 Å². The molecule has 0 unspecified atom stereocenters. The molecule has 0 radical (unpaired) electrons. The Hall–Kier alpha value is -1.26. The number of fused-ring (bicyclic) bond motifs is 1. The molecule has 0 saturated heterocycles. The molecule has 0 amide bonds. The summed E-state index contributed by atoms with van der Waals surface area (Å²) in [5, 5.41) is 8.63. The number of amidine groups is 1. The van der Waals surface area contributed by atoms with E-state index < -0.39 is 0 Å². The van der Waals surface area contributed by atoms with Crippen LogP contribution in [0.5, 0.6) is 0 Å². The summed E-state index contributed by atoms with van der Waals surface area (Å²) in [6, 6.07) is 8.18. The maximum absolute atomic E-state index is 7.44. The fourth-order valence-electron chi connectivity index (χ4n) is 1.44. The van der Waals surface area contributed by atoms with Crippen LogP contribution in [0.1, 0.15) is 4.88 Å². The third kappa shape index (κ3) is 2.13. The Kier molecular flexibility index (Phi) is 3.31. The van der Waals surface area contributed by atoms with E-state index in [2.05, 4.69) is 18.7 Å². The fourth-order valence-corrected chi connectivity index (χ4v) is 3.25. The van der Waals surface area contributed by atoms with Crippen LogP contribution < -0.4 is 5.73 Å². The number of hydrogen-bond acceptors (Lipinski definition) is 3. The molecule has 16 heavy (non-hydrogen) atoms. The van der Waals surface area contributed by atoms with Gasteiger partial charge in [-0.15, -0.1) is 29.7 Å². The van der Waals surface area contributed by atoms with E-state index in [1.165, 1.54) is 15.0 Å². The normalized spacial score (nSPS) is 10.5. The summed E-state index contributed by atoms with van der Waals surface area (Å²) in [7, 11) is 0. The summed E-state index contributed by atoms with van der Waals surface area (Å²) in [4.78, 5) is 2.06. The van der Waals surface area contributed by atoms with Gasteiger partial charge in [0, 0.05) is 20.7 Å². The standard InChI is InChI=1S/C12H12N2S2/c1-2-6-15-9-4-3-5-10-8(9)7-11(16-10)12(13)14/h2-5,7H,1,6H2,(H3,13,14). The third-order valence-corrected chi connectivity index (χ3v) is 4.35. The summed E-state index contributed by atoms with van der Waals surface area (Å²) < 4.78 is 1.18. The van der Waals surface area contributed by atoms with Crippen molar-refractivity contribution in [1.82, 2.24) is 0 Å². The topological polar surface area (TPSA) is 49.9 Å². The van der Waals surface area contributed by atoms with Gasteiger partial charge < -0.3 is 5.73 Å². The van der Waals surface area contributed by atoms with Crippen molar-refractivity contribution in [3.05, 3.63) is 41.8 Å². The largest absolute Gasteiger partial charge is 0.383 e. The van der Waals surface area contributed by atoms with E-state index in [0.717, 1.165) is 10.6 Å². The van der Waals surface area contributed by atoms with E-state index in [1.807, 2.05) is 18.2 Å². The van der Waals surface area contributed by atoms with E-state index in [9.17, 15) is 0 Å². The Labute approximate surface area is 103 Å². The smallest absolute Gasteiger partial charge is 0.133 e. The zero-order chi connectivity index (χ0) is 11.5. The number of rotatable bonds is 4. The van der Waals surface area contributed by atoms with Gasteiger partial charge in [-0.3, -0.25) is 5.41 Å². The van der Waals surface area contributed by atoms with Crippen LogP contribution in [-0.2, 0) is 0 Å². The maximum atomic E-state index is 7.44. The minimum absolute atomic E-state index is 0.140. The third-order valence-electron chi connectivity index (χ3n) is 2.14. The molecule has 0 aliphatic rings. The average molecular weight is 248 g/mol. The van der Waals surface area contributed by atoms with Gasteiger partial charge in [0.2, 0.25) is 0 Å². The van der Waals surface area contributed by atoms with E-state index in [-0.39, 0.29) is 5.84 Å². The number of thioether (sulfide) groups is 1. The molecule has 2 aromatic rings. The van der Waals surface area contributed by atoms with Gasteiger partial charge in [0.15, 0.2) is 0 Å². The van der Waals surface area contributed by atoms with Crippen molar-refractivity contribution in [1.29, 1.82) is 5.41 Å². The highest BCUT2D eigenvalue weighted by Crippen LogP contribution is 2.33. The molecular formula is C12H12N2S2. The molecule has 1 heterocycles. The van der Waals surface area contributed by atoms with Crippen molar-refractivity contribution in [3.63, 3.8) is 0 Å². The Balaban J connectivity index is 2.49. The average Bonchev–Trinajstić information content (AvgIpc) is 2.70. The molecule has 0 aliphatic heterocycles. The van der Waals surface area contributed by atoms with Gasteiger partial charge in [-0.05, 0) is 18.2 Å². The summed E-state index contributed by atoms with van der Waals surface area (Å²) in [5.74, 6) is 1.03. The highest BCUT2D eigenvalue weighted by atomic mass is 32.2. The van der Waals surface area contributed by atoms with Crippen LogP contribution in [0.2, 0.25) is 0 Å². The number of benzene rings is 1. The lowest BCUT2D eigenvalue weighted by Crippen LogP contribution is -2.08. The summed E-state index contributed by atoms with van der Waals surface area (Å²) >= 11 is 3.32. The van der Waals surface area contributed by atoms with Crippen LogP contribution in [-0.4, -0.2) is 11.6 Å². The molecule has 0 atom stereocenters. The van der Waals surface area contributed by atoms with Crippen molar-refractivity contribution in [2.24, 2.45) is 5.73 Å². The molecule has 4 heteroatoms. The van der Waals surface area contributed by atoms with Crippen LogP contribution in [0, 0.1) is 5.41 Å². The number of nitrogens with two attached hydrogens (primary N) is 1. The molecule has 82 valence electrons. The predicted molar refractivity (Wildman–Crippen MR) is 73.8 cm³/mol. The maximum Gasteiger partial charge on any atom is 0.133 e. The van der Waals surface area contributed by atoms with Gasteiger partial charge in [0.05, 0.1) is 4.88 Å². The SMILES string of the molecule is C=CCSc1cccc2sc(C(=N)N)cc12. The highest BCUT2D eigenvalue weighted by Gasteiger charge is 2.07. The number of nitrogen functional groups attached to an aromatic ring is 1.